The Morgan fingerprint density at radius 2 is 1.74 bits per heavy atom. The number of alkyl halides is 6. The summed E-state index contributed by atoms with van der Waals surface area (Å²) in [5.74, 6) is -4.71. The maximum Gasteiger partial charge on any atom is 0.430 e. The molecule has 1 atom stereocenters. The Kier molecular flexibility index (Phi) is 8.51. The quantitative estimate of drug-likeness (QED) is 0.230. The first-order chi connectivity index (χ1) is 19.7. The van der Waals surface area contributed by atoms with Gasteiger partial charge in [0.05, 0.1) is 34.1 Å². The molecule has 0 aliphatic carbocycles. The van der Waals surface area contributed by atoms with Gasteiger partial charge in [-0.05, 0) is 34.6 Å². The van der Waals surface area contributed by atoms with Gasteiger partial charge >= 0.3 is 18.0 Å². The molecule has 17 heteroatoms. The lowest BCUT2D eigenvalue weighted by Crippen LogP contribution is -2.38. The maximum atomic E-state index is 13.6. The largest absolute Gasteiger partial charge is 0.542 e. The molecule has 5 heterocycles. The summed E-state index contributed by atoms with van der Waals surface area (Å²) in [7, 11) is 0. The van der Waals surface area contributed by atoms with Crippen molar-refractivity contribution in [1.29, 1.82) is 0 Å². The average Bonchev–Trinajstić information content (AvgIpc) is 3.59. The van der Waals surface area contributed by atoms with Crippen LogP contribution in [0.15, 0.2) is 72.9 Å². The minimum atomic E-state index is -5.19. The van der Waals surface area contributed by atoms with Gasteiger partial charge in [-0.3, -0.25) is 14.8 Å². The number of aromatic nitrogens is 5. The molecular weight excluding hydrogens is 597 g/mol. The number of aliphatic carboxylic acids is 1. The number of pyridine rings is 2. The molecule has 0 bridgehead atoms. The van der Waals surface area contributed by atoms with Crippen molar-refractivity contribution in [2.45, 2.75) is 18.4 Å². The molecule has 2 N–H and O–H groups in total. The van der Waals surface area contributed by atoms with Crippen molar-refractivity contribution in [3.63, 3.8) is 0 Å². The summed E-state index contributed by atoms with van der Waals surface area (Å²) >= 11 is 0.996. The molecule has 5 aromatic rings. The molecule has 0 radical (unpaired) electrons. The number of thiophene rings is 1. The van der Waals surface area contributed by atoms with E-state index < -0.39 is 41.8 Å². The molecule has 1 amide bonds. The van der Waals surface area contributed by atoms with Crippen molar-refractivity contribution in [2.24, 2.45) is 0 Å². The number of carboxylic acids is 1. The van der Waals surface area contributed by atoms with Gasteiger partial charge in [0.2, 0.25) is 0 Å². The fourth-order valence-electron chi connectivity index (χ4n) is 3.50. The Labute approximate surface area is 234 Å². The second-order valence-electron chi connectivity index (χ2n) is 8.30. The van der Waals surface area contributed by atoms with Gasteiger partial charge in [-0.15, -0.1) is 15.9 Å². The van der Waals surface area contributed by atoms with Crippen LogP contribution in [0.25, 0.3) is 27.9 Å². The third kappa shape index (κ3) is 7.03. The van der Waals surface area contributed by atoms with Crippen LogP contribution in [0.4, 0.5) is 30.7 Å². The highest BCUT2D eigenvalue weighted by Gasteiger charge is 2.43. The van der Waals surface area contributed by atoms with E-state index in [4.69, 9.17) is 9.90 Å². The van der Waals surface area contributed by atoms with Gasteiger partial charge in [0, 0.05) is 23.5 Å². The van der Waals surface area contributed by atoms with Crippen LogP contribution in [-0.2, 0) is 4.79 Å². The van der Waals surface area contributed by atoms with E-state index in [-0.39, 0.29) is 4.88 Å². The van der Waals surface area contributed by atoms with Crippen molar-refractivity contribution < 1.29 is 49.9 Å². The molecule has 0 saturated carbocycles. The Balaban J connectivity index is 0.000000517. The second-order valence-corrected chi connectivity index (χ2v) is 9.21. The summed E-state index contributed by atoms with van der Waals surface area (Å²) in [5, 5.41) is 15.5. The van der Waals surface area contributed by atoms with Gasteiger partial charge in [0.1, 0.15) is 18.0 Å². The molecule has 9 nitrogen and oxygen atoms in total. The molecule has 0 aromatic carbocycles. The van der Waals surface area contributed by atoms with Crippen LogP contribution in [0.1, 0.15) is 21.4 Å². The first kappa shape index (κ1) is 30.0. The van der Waals surface area contributed by atoms with Crippen LogP contribution in [-0.4, -0.2) is 44.3 Å². The smallest absolute Gasteiger partial charge is 0.430 e. The number of hydrogen-bond donors (Lipinski definition) is 2. The number of carbonyl (C=O) groups is 2. The molecule has 0 aliphatic heterocycles. The van der Waals surface area contributed by atoms with Gasteiger partial charge in [0.15, 0.2) is 12.2 Å². The van der Waals surface area contributed by atoms with Crippen molar-refractivity contribution >= 4 is 28.9 Å². The predicted molar refractivity (Wildman–Crippen MR) is 130 cm³/mol. The van der Waals surface area contributed by atoms with E-state index in [9.17, 15) is 35.5 Å². The zero-order chi connectivity index (χ0) is 30.7. The highest BCUT2D eigenvalue weighted by atomic mass is 32.1. The van der Waals surface area contributed by atoms with Gasteiger partial charge in [0.25, 0.3) is 5.91 Å². The van der Waals surface area contributed by atoms with E-state index in [1.165, 1.54) is 6.07 Å². The number of aromatic amines is 1. The molecular formula is C25H15F7N6O3S. The average molecular weight is 612 g/mol. The van der Waals surface area contributed by atoms with Crippen LogP contribution in [0, 0.1) is 5.82 Å². The number of fused-ring (bicyclic) bond motifs is 1. The standard InChI is InChI=1S/C23H14F4N6OS.C2HF3O2/c24-16-3-4-18(29-9-16)20(23(25,26)27)32-22(34)19-6-14(12-35-19)17-10-31-33-11-15(8-30-21(17)33)13-2-1-5-28-7-13;3-2(4,5)1(6)7/h1-12,20H,(H,32,34);(H,6,7). The van der Waals surface area contributed by atoms with Crippen molar-refractivity contribution in [3.05, 3.63) is 89.3 Å². The second kappa shape index (κ2) is 11.9. The lowest BCUT2D eigenvalue weighted by molar-refractivity contribution is -0.578. The summed E-state index contributed by atoms with van der Waals surface area (Å²) in [6.45, 7) is 0. The number of hydrogen-bond acceptors (Lipinski definition) is 7. The highest BCUT2D eigenvalue weighted by Crippen LogP contribution is 2.33. The van der Waals surface area contributed by atoms with Gasteiger partial charge in [-0.25, -0.2) is 9.49 Å². The van der Waals surface area contributed by atoms with E-state index in [1.54, 1.807) is 34.7 Å². The Hall–Kier alpha value is -4.93. The van der Waals surface area contributed by atoms with E-state index >= 15 is 0 Å². The molecule has 0 aliphatic rings. The fourth-order valence-corrected chi connectivity index (χ4v) is 4.31. The predicted octanol–water partition coefficient (Wildman–Crippen LogP) is 3.81. The summed E-state index contributed by atoms with van der Waals surface area (Å²) in [5.41, 5.74) is 3.07. The van der Waals surface area contributed by atoms with Crippen LogP contribution in [0.3, 0.4) is 0 Å². The van der Waals surface area contributed by atoms with Crippen molar-refractivity contribution in [2.75, 3.05) is 0 Å². The number of rotatable bonds is 5. The summed E-state index contributed by atoms with van der Waals surface area (Å²) < 4.78 is 87.1. The molecule has 218 valence electrons. The normalized spacial score (nSPS) is 12.4. The molecule has 5 aromatic heterocycles. The van der Waals surface area contributed by atoms with Gasteiger partial charge in [-0.1, -0.05) is 6.07 Å². The minimum absolute atomic E-state index is 0.0719. The fraction of sp³-hybridized carbons (Fsp3) is 0.120. The van der Waals surface area contributed by atoms with E-state index in [0.29, 0.717) is 23.0 Å². The zero-order valence-corrected chi connectivity index (χ0v) is 21.4. The van der Waals surface area contributed by atoms with Crippen LogP contribution in [0.2, 0.25) is 0 Å². The first-order valence-electron chi connectivity index (χ1n) is 11.4. The van der Waals surface area contributed by atoms with Gasteiger partial charge in [-0.2, -0.15) is 26.3 Å². The number of halogens is 7. The third-order valence-electron chi connectivity index (χ3n) is 5.42. The monoisotopic (exact) mass is 612 g/mol. The Morgan fingerprint density at radius 1 is 1.00 bits per heavy atom. The van der Waals surface area contributed by atoms with Crippen LogP contribution < -0.4 is 14.9 Å². The maximum absolute atomic E-state index is 13.6. The van der Waals surface area contributed by atoms with Gasteiger partial charge < -0.3 is 15.2 Å². The Morgan fingerprint density at radius 3 is 2.33 bits per heavy atom. The zero-order valence-electron chi connectivity index (χ0n) is 20.6. The number of amides is 1. The first-order valence-corrected chi connectivity index (χ1v) is 12.3. The lowest BCUT2D eigenvalue weighted by Gasteiger charge is -2.20. The van der Waals surface area contributed by atoms with E-state index in [1.807, 2.05) is 23.6 Å². The highest BCUT2D eigenvalue weighted by molar-refractivity contribution is 7.12. The number of nitrogens with zero attached hydrogens (tertiary/aromatic N) is 4. The van der Waals surface area contributed by atoms with E-state index in [0.717, 1.165) is 34.6 Å². The van der Waals surface area contributed by atoms with Crippen molar-refractivity contribution in [1.82, 2.24) is 25.4 Å². The molecule has 0 spiro atoms. The topological polar surface area (TPSA) is 128 Å². The summed E-state index contributed by atoms with van der Waals surface area (Å²) in [6, 6.07) is 4.58. The van der Waals surface area contributed by atoms with Crippen molar-refractivity contribution in [3.8, 4) is 22.3 Å². The summed E-state index contributed by atoms with van der Waals surface area (Å²) in [4.78, 5) is 33.6. The summed E-state index contributed by atoms with van der Waals surface area (Å²) in [6.07, 6.45) is -0.728. The van der Waals surface area contributed by atoms with Crippen LogP contribution >= 0.6 is 11.3 Å². The molecule has 1 unspecified atom stereocenters. The number of nitrogens with one attached hydrogen (secondary N) is 2. The van der Waals surface area contributed by atoms with E-state index in [2.05, 4.69) is 20.1 Å². The Bertz CT molecular complexity index is 1700. The molecule has 0 saturated heterocycles. The SMILES string of the molecule is O=C(NC(c1ccc(F)cn1)C(F)(F)F)c1cc(-c2c[nH][n+]3cc(-c4cccnc4)cnc23)cs1.O=C([O-])C(F)(F)F. The molecule has 42 heavy (non-hydrogen) atoms. The van der Waals surface area contributed by atoms with Crippen LogP contribution in [0.5, 0.6) is 0 Å². The minimum Gasteiger partial charge on any atom is -0.542 e. The lowest BCUT2D eigenvalue weighted by atomic mass is 10.1. The number of carboxylic acid groups (broad SMARTS) is 1. The number of carbonyl (C=O) groups excluding carboxylic acids is 2. The molecule has 0 fully saturated rings. The molecule has 5 rings (SSSR count). The number of H-pyrrole nitrogens is 1. The third-order valence-corrected chi connectivity index (χ3v) is 6.35.